The standard InChI is InChI=1S/C18H22O2/c1-14(2)10-11-17(18(19)20-13-15(3)4)12-16-8-6-5-7-9-16/h5-9,12,14-15H,13H2,1-4H3. The van der Waals surface area contributed by atoms with E-state index in [0.717, 1.165) is 5.56 Å². The Balaban J connectivity index is 2.95. The van der Waals surface area contributed by atoms with Crippen LogP contribution in [-0.4, -0.2) is 12.6 Å². The first-order chi connectivity index (χ1) is 9.49. The van der Waals surface area contributed by atoms with Crippen molar-refractivity contribution in [2.45, 2.75) is 27.7 Å². The molecule has 0 unspecified atom stereocenters. The van der Waals surface area contributed by atoms with Crippen molar-refractivity contribution in [1.29, 1.82) is 0 Å². The van der Waals surface area contributed by atoms with E-state index in [1.54, 1.807) is 6.08 Å². The molecule has 0 aromatic heterocycles. The zero-order valence-corrected chi connectivity index (χ0v) is 12.6. The topological polar surface area (TPSA) is 26.3 Å². The molecule has 0 aliphatic heterocycles. The van der Waals surface area contributed by atoms with Gasteiger partial charge in [0.05, 0.1) is 6.61 Å². The van der Waals surface area contributed by atoms with Gasteiger partial charge in [-0.05, 0) is 17.6 Å². The first-order valence-corrected chi connectivity index (χ1v) is 6.94. The van der Waals surface area contributed by atoms with Crippen LogP contribution in [-0.2, 0) is 9.53 Å². The molecular formula is C18H22O2. The molecule has 1 rings (SSSR count). The summed E-state index contributed by atoms with van der Waals surface area (Å²) in [5, 5.41) is 0. The molecule has 0 aliphatic carbocycles. The quantitative estimate of drug-likeness (QED) is 0.471. The van der Waals surface area contributed by atoms with Crippen LogP contribution < -0.4 is 0 Å². The monoisotopic (exact) mass is 270 g/mol. The molecule has 0 amide bonds. The fourth-order valence-electron chi connectivity index (χ4n) is 1.40. The fraction of sp³-hybridized carbons (Fsp3) is 0.389. The van der Waals surface area contributed by atoms with Gasteiger partial charge in [0, 0.05) is 5.92 Å². The lowest BCUT2D eigenvalue weighted by atomic mass is 10.1. The average Bonchev–Trinajstić information content (AvgIpc) is 2.41. The maximum atomic E-state index is 12.1. The molecule has 2 heteroatoms. The second-order valence-corrected chi connectivity index (χ2v) is 5.39. The van der Waals surface area contributed by atoms with Gasteiger partial charge >= 0.3 is 5.97 Å². The van der Waals surface area contributed by atoms with E-state index in [1.807, 2.05) is 58.0 Å². The molecule has 20 heavy (non-hydrogen) atoms. The Kier molecular flexibility index (Phi) is 6.59. The number of hydrogen-bond donors (Lipinski definition) is 0. The lowest BCUT2D eigenvalue weighted by Gasteiger charge is -2.07. The zero-order chi connectivity index (χ0) is 15.0. The Labute approximate surface area is 121 Å². The summed E-state index contributed by atoms with van der Waals surface area (Å²) in [7, 11) is 0. The molecule has 1 aromatic carbocycles. The number of esters is 1. The molecule has 0 saturated carbocycles. The Morgan fingerprint density at radius 1 is 1.20 bits per heavy atom. The van der Waals surface area contributed by atoms with Crippen molar-refractivity contribution in [2.75, 3.05) is 6.61 Å². The van der Waals surface area contributed by atoms with E-state index < -0.39 is 0 Å². The van der Waals surface area contributed by atoms with Crippen LogP contribution in [0.15, 0.2) is 35.9 Å². The van der Waals surface area contributed by atoms with Gasteiger partial charge in [0.15, 0.2) is 0 Å². The molecule has 2 nitrogen and oxygen atoms in total. The van der Waals surface area contributed by atoms with Gasteiger partial charge in [0.1, 0.15) is 5.57 Å². The van der Waals surface area contributed by atoms with Gasteiger partial charge in [-0.1, -0.05) is 69.9 Å². The van der Waals surface area contributed by atoms with Gasteiger partial charge in [0.25, 0.3) is 0 Å². The molecule has 0 N–H and O–H groups in total. The summed E-state index contributed by atoms with van der Waals surface area (Å²) in [6.07, 6.45) is 1.78. The SMILES string of the molecule is CC(C)C#CC(=Cc1ccccc1)C(=O)OCC(C)C. The van der Waals surface area contributed by atoms with E-state index in [4.69, 9.17) is 4.74 Å². The van der Waals surface area contributed by atoms with E-state index in [9.17, 15) is 4.79 Å². The Bertz CT molecular complexity index is 513. The van der Waals surface area contributed by atoms with Crippen LogP contribution >= 0.6 is 0 Å². The largest absolute Gasteiger partial charge is 0.461 e. The number of hydrogen-bond acceptors (Lipinski definition) is 2. The van der Waals surface area contributed by atoms with Gasteiger partial charge in [-0.2, -0.15) is 0 Å². The van der Waals surface area contributed by atoms with E-state index >= 15 is 0 Å². The average molecular weight is 270 g/mol. The van der Waals surface area contributed by atoms with Crippen LogP contribution in [0, 0.1) is 23.7 Å². The third kappa shape index (κ3) is 6.24. The molecule has 0 aliphatic rings. The summed E-state index contributed by atoms with van der Waals surface area (Å²) >= 11 is 0. The lowest BCUT2D eigenvalue weighted by molar-refractivity contribution is -0.139. The third-order valence-corrected chi connectivity index (χ3v) is 2.37. The number of carbonyl (C=O) groups is 1. The highest BCUT2D eigenvalue weighted by Crippen LogP contribution is 2.09. The highest BCUT2D eigenvalue weighted by atomic mass is 16.5. The van der Waals surface area contributed by atoms with Crippen LogP contribution in [0.4, 0.5) is 0 Å². The molecule has 0 spiro atoms. The van der Waals surface area contributed by atoms with E-state index in [-0.39, 0.29) is 11.9 Å². The number of rotatable bonds is 4. The fourth-order valence-corrected chi connectivity index (χ4v) is 1.40. The lowest BCUT2D eigenvalue weighted by Crippen LogP contribution is -2.11. The van der Waals surface area contributed by atoms with Crippen LogP contribution in [0.1, 0.15) is 33.3 Å². The first kappa shape index (κ1) is 16.0. The normalized spacial score (nSPS) is 11.2. The van der Waals surface area contributed by atoms with Crippen molar-refractivity contribution in [1.82, 2.24) is 0 Å². The summed E-state index contributed by atoms with van der Waals surface area (Å²) in [5.41, 5.74) is 1.35. The summed E-state index contributed by atoms with van der Waals surface area (Å²) < 4.78 is 5.26. The predicted octanol–water partition coefficient (Wildman–Crippen LogP) is 3.93. The van der Waals surface area contributed by atoms with Crippen molar-refractivity contribution in [3.05, 3.63) is 41.5 Å². The molecule has 0 fully saturated rings. The van der Waals surface area contributed by atoms with Gasteiger partial charge in [-0.3, -0.25) is 0 Å². The molecule has 0 atom stereocenters. The summed E-state index contributed by atoms with van der Waals surface area (Å²) in [4.78, 5) is 12.1. The molecule has 106 valence electrons. The number of carbonyl (C=O) groups excluding carboxylic acids is 1. The second kappa shape index (κ2) is 8.22. The molecule has 0 radical (unpaired) electrons. The van der Waals surface area contributed by atoms with Gasteiger partial charge in [-0.15, -0.1) is 0 Å². The van der Waals surface area contributed by atoms with E-state index in [1.165, 1.54) is 0 Å². The van der Waals surface area contributed by atoms with E-state index in [2.05, 4.69) is 11.8 Å². The highest BCUT2D eigenvalue weighted by Gasteiger charge is 2.10. The Hall–Kier alpha value is -2.01. The van der Waals surface area contributed by atoms with Crippen LogP contribution in [0.25, 0.3) is 6.08 Å². The summed E-state index contributed by atoms with van der Waals surface area (Å²) in [6.45, 7) is 8.41. The molecule has 0 saturated heterocycles. The predicted molar refractivity (Wildman–Crippen MR) is 82.8 cm³/mol. The molecule has 1 aromatic rings. The molecule has 0 bridgehead atoms. The minimum absolute atomic E-state index is 0.215. The minimum atomic E-state index is -0.351. The third-order valence-electron chi connectivity index (χ3n) is 2.37. The minimum Gasteiger partial charge on any atom is -0.461 e. The van der Waals surface area contributed by atoms with Crippen molar-refractivity contribution in [3.8, 4) is 11.8 Å². The summed E-state index contributed by atoms with van der Waals surface area (Å²) in [5.74, 6) is 6.12. The molecule has 0 heterocycles. The maximum Gasteiger partial charge on any atom is 0.346 e. The van der Waals surface area contributed by atoms with Crippen molar-refractivity contribution >= 4 is 12.0 Å². The maximum absolute atomic E-state index is 12.1. The second-order valence-electron chi connectivity index (χ2n) is 5.39. The van der Waals surface area contributed by atoms with Gasteiger partial charge < -0.3 is 4.74 Å². The Morgan fingerprint density at radius 3 is 2.40 bits per heavy atom. The Morgan fingerprint density at radius 2 is 1.85 bits per heavy atom. The van der Waals surface area contributed by atoms with Gasteiger partial charge in [0.2, 0.25) is 0 Å². The number of benzene rings is 1. The smallest absolute Gasteiger partial charge is 0.346 e. The number of ether oxygens (including phenoxy) is 1. The highest BCUT2D eigenvalue weighted by molar-refractivity contribution is 5.98. The van der Waals surface area contributed by atoms with E-state index in [0.29, 0.717) is 18.1 Å². The van der Waals surface area contributed by atoms with Crippen LogP contribution in [0.3, 0.4) is 0 Å². The van der Waals surface area contributed by atoms with Crippen molar-refractivity contribution < 1.29 is 9.53 Å². The zero-order valence-electron chi connectivity index (χ0n) is 12.6. The van der Waals surface area contributed by atoms with Crippen LogP contribution in [0.5, 0.6) is 0 Å². The van der Waals surface area contributed by atoms with Crippen LogP contribution in [0.2, 0.25) is 0 Å². The van der Waals surface area contributed by atoms with Crippen molar-refractivity contribution in [2.24, 2.45) is 11.8 Å². The van der Waals surface area contributed by atoms with Gasteiger partial charge in [-0.25, -0.2) is 4.79 Å². The first-order valence-electron chi connectivity index (χ1n) is 6.94. The summed E-state index contributed by atoms with van der Waals surface area (Å²) in [6, 6.07) is 9.67. The van der Waals surface area contributed by atoms with Crippen molar-refractivity contribution in [3.63, 3.8) is 0 Å². The molecular weight excluding hydrogens is 248 g/mol.